The van der Waals surface area contributed by atoms with E-state index in [1.807, 2.05) is 0 Å². The molecule has 1 N–H and O–H groups in total. The smallest absolute Gasteiger partial charge is 0.382 e. The van der Waals surface area contributed by atoms with Crippen LogP contribution in [0.4, 0.5) is 8.78 Å². The Balaban J connectivity index is 2.56. The molecule has 0 saturated carbocycles. The summed E-state index contributed by atoms with van der Waals surface area (Å²) in [5, 5.41) is 0. The molecule has 0 fully saturated rings. The van der Waals surface area contributed by atoms with E-state index >= 15 is 0 Å². The number of nitrogens with zero attached hydrogens (tertiary/aromatic N) is 3. The van der Waals surface area contributed by atoms with Crippen molar-refractivity contribution < 1.29 is 27.8 Å². The number of aromatic nitrogens is 4. The van der Waals surface area contributed by atoms with Gasteiger partial charge in [0, 0.05) is 0 Å². The molecule has 2 aromatic heterocycles. The van der Waals surface area contributed by atoms with Gasteiger partial charge in [0.15, 0.2) is 5.65 Å². The molecule has 128 valence electrons. The van der Waals surface area contributed by atoms with Gasteiger partial charge in [-0.25, -0.2) is 24.5 Å². The Hall–Kier alpha value is -2.91. The normalized spacial score (nSPS) is 12.2. The SMILES string of the molecule is CCOC(=O)C(=Cc1ncnc2nc[nH]c12)C(F)(F)C(=O)OCC. The van der Waals surface area contributed by atoms with Crippen LogP contribution in [0.15, 0.2) is 18.2 Å². The molecule has 0 spiro atoms. The summed E-state index contributed by atoms with van der Waals surface area (Å²) in [5.41, 5.74) is -0.764. The van der Waals surface area contributed by atoms with Crippen molar-refractivity contribution in [1.82, 2.24) is 19.9 Å². The summed E-state index contributed by atoms with van der Waals surface area (Å²) >= 11 is 0. The summed E-state index contributed by atoms with van der Waals surface area (Å²) < 4.78 is 37.6. The molecule has 0 aliphatic rings. The lowest BCUT2D eigenvalue weighted by molar-refractivity contribution is -0.169. The van der Waals surface area contributed by atoms with E-state index in [0.29, 0.717) is 0 Å². The number of hydrogen-bond acceptors (Lipinski definition) is 7. The number of carbonyl (C=O) groups is 2. The Kier molecular flexibility index (Phi) is 5.17. The number of aromatic amines is 1. The molecule has 0 aliphatic heterocycles. The molecule has 10 heteroatoms. The molecule has 0 bridgehead atoms. The molecule has 24 heavy (non-hydrogen) atoms. The predicted molar refractivity (Wildman–Crippen MR) is 77.9 cm³/mol. The van der Waals surface area contributed by atoms with Crippen LogP contribution in [0.3, 0.4) is 0 Å². The number of rotatable bonds is 6. The predicted octanol–water partition coefficient (Wildman–Crippen LogP) is 1.50. The first-order chi connectivity index (χ1) is 11.4. The number of imidazole rings is 1. The van der Waals surface area contributed by atoms with Crippen molar-refractivity contribution in [2.75, 3.05) is 13.2 Å². The van der Waals surface area contributed by atoms with E-state index in [9.17, 15) is 18.4 Å². The minimum absolute atomic E-state index is 0.0375. The lowest BCUT2D eigenvalue weighted by Crippen LogP contribution is -2.37. The summed E-state index contributed by atoms with van der Waals surface area (Å²) in [6.07, 6.45) is 3.15. The van der Waals surface area contributed by atoms with Gasteiger partial charge in [0.2, 0.25) is 0 Å². The van der Waals surface area contributed by atoms with Crippen LogP contribution in [0.5, 0.6) is 0 Å². The molecule has 0 aromatic carbocycles. The van der Waals surface area contributed by atoms with Gasteiger partial charge in [-0.1, -0.05) is 0 Å². The van der Waals surface area contributed by atoms with Gasteiger partial charge in [-0.2, -0.15) is 8.78 Å². The lowest BCUT2D eigenvalue weighted by atomic mass is 10.1. The molecule has 2 rings (SSSR count). The van der Waals surface area contributed by atoms with E-state index in [1.54, 1.807) is 0 Å². The number of nitrogens with one attached hydrogen (secondary N) is 1. The number of fused-ring (bicyclic) bond motifs is 1. The number of halogens is 2. The second-order valence-electron chi connectivity index (χ2n) is 4.43. The van der Waals surface area contributed by atoms with Crippen molar-refractivity contribution in [3.05, 3.63) is 23.9 Å². The van der Waals surface area contributed by atoms with Crippen LogP contribution in [0, 0.1) is 0 Å². The summed E-state index contributed by atoms with van der Waals surface area (Å²) in [6, 6.07) is 0. The van der Waals surface area contributed by atoms with Crippen LogP contribution in [-0.4, -0.2) is 51.0 Å². The average molecular weight is 340 g/mol. The maximum atomic E-state index is 14.3. The highest BCUT2D eigenvalue weighted by atomic mass is 19.3. The highest BCUT2D eigenvalue weighted by molar-refractivity contribution is 6.03. The topological polar surface area (TPSA) is 107 Å². The molecule has 0 unspecified atom stereocenters. The molecular weight excluding hydrogens is 326 g/mol. The van der Waals surface area contributed by atoms with Crippen LogP contribution >= 0.6 is 0 Å². The summed E-state index contributed by atoms with van der Waals surface area (Å²) in [4.78, 5) is 37.7. The third-order valence-electron chi connectivity index (χ3n) is 2.90. The summed E-state index contributed by atoms with van der Waals surface area (Å²) in [7, 11) is 0. The Morgan fingerprint density at radius 3 is 2.58 bits per heavy atom. The fraction of sp³-hybridized carbons (Fsp3) is 0.357. The molecule has 0 radical (unpaired) electrons. The van der Waals surface area contributed by atoms with Crippen molar-refractivity contribution in [2.45, 2.75) is 19.8 Å². The summed E-state index contributed by atoms with van der Waals surface area (Å²) in [5.74, 6) is -7.39. The van der Waals surface area contributed by atoms with Gasteiger partial charge < -0.3 is 14.5 Å². The minimum Gasteiger partial charge on any atom is -0.462 e. The number of ether oxygens (including phenoxy) is 2. The van der Waals surface area contributed by atoms with Gasteiger partial charge in [0.1, 0.15) is 17.4 Å². The van der Waals surface area contributed by atoms with Crippen molar-refractivity contribution in [2.24, 2.45) is 0 Å². The van der Waals surface area contributed by atoms with E-state index in [1.165, 1.54) is 20.2 Å². The third kappa shape index (κ3) is 3.36. The Bertz CT molecular complexity index is 788. The minimum atomic E-state index is -4.19. The maximum absolute atomic E-state index is 14.3. The molecule has 0 amide bonds. The molecule has 8 nitrogen and oxygen atoms in total. The zero-order chi connectivity index (χ0) is 17.7. The largest absolute Gasteiger partial charge is 0.462 e. The number of esters is 2. The quantitative estimate of drug-likeness (QED) is 0.627. The first kappa shape index (κ1) is 17.4. The van der Waals surface area contributed by atoms with E-state index in [0.717, 1.165) is 12.4 Å². The van der Waals surface area contributed by atoms with E-state index in [-0.39, 0.29) is 30.1 Å². The highest BCUT2D eigenvalue weighted by Gasteiger charge is 2.49. The van der Waals surface area contributed by atoms with Gasteiger partial charge in [-0.05, 0) is 19.9 Å². The van der Waals surface area contributed by atoms with Crippen molar-refractivity contribution in [1.29, 1.82) is 0 Å². The fourth-order valence-electron chi connectivity index (χ4n) is 1.85. The zero-order valence-electron chi connectivity index (χ0n) is 12.9. The second kappa shape index (κ2) is 7.11. The average Bonchev–Trinajstić information content (AvgIpc) is 3.02. The zero-order valence-corrected chi connectivity index (χ0v) is 12.9. The van der Waals surface area contributed by atoms with Crippen LogP contribution < -0.4 is 0 Å². The maximum Gasteiger partial charge on any atom is 0.382 e. The molecule has 0 aliphatic carbocycles. The van der Waals surface area contributed by atoms with Gasteiger partial charge in [-0.3, -0.25) is 0 Å². The first-order valence-electron chi connectivity index (χ1n) is 7.00. The van der Waals surface area contributed by atoms with Crippen molar-refractivity contribution in [3.8, 4) is 0 Å². The van der Waals surface area contributed by atoms with Crippen LogP contribution in [0.25, 0.3) is 17.2 Å². The number of H-pyrrole nitrogens is 1. The Labute approximate surface area is 134 Å². The van der Waals surface area contributed by atoms with Crippen molar-refractivity contribution >= 4 is 29.2 Å². The van der Waals surface area contributed by atoms with Crippen molar-refractivity contribution in [3.63, 3.8) is 0 Å². The fourth-order valence-corrected chi connectivity index (χ4v) is 1.85. The van der Waals surface area contributed by atoms with Gasteiger partial charge >= 0.3 is 17.9 Å². The third-order valence-corrected chi connectivity index (χ3v) is 2.90. The monoisotopic (exact) mass is 340 g/mol. The summed E-state index contributed by atoms with van der Waals surface area (Å²) in [6.45, 7) is 2.43. The molecule has 0 saturated heterocycles. The second-order valence-corrected chi connectivity index (χ2v) is 4.43. The number of hydrogen-bond donors (Lipinski definition) is 1. The highest BCUT2D eigenvalue weighted by Crippen LogP contribution is 2.29. The van der Waals surface area contributed by atoms with E-state index in [2.05, 4.69) is 29.4 Å². The van der Waals surface area contributed by atoms with Gasteiger partial charge in [0.25, 0.3) is 0 Å². The molecule has 2 aromatic rings. The van der Waals surface area contributed by atoms with E-state index < -0.39 is 23.4 Å². The molecule has 0 atom stereocenters. The molecule has 2 heterocycles. The first-order valence-corrected chi connectivity index (χ1v) is 7.00. The van der Waals surface area contributed by atoms with Gasteiger partial charge in [0.05, 0.1) is 25.2 Å². The van der Waals surface area contributed by atoms with Crippen LogP contribution in [0.2, 0.25) is 0 Å². The number of carbonyl (C=O) groups excluding carboxylic acids is 2. The van der Waals surface area contributed by atoms with Crippen LogP contribution in [-0.2, 0) is 19.1 Å². The van der Waals surface area contributed by atoms with E-state index in [4.69, 9.17) is 0 Å². The van der Waals surface area contributed by atoms with Crippen LogP contribution in [0.1, 0.15) is 19.5 Å². The van der Waals surface area contributed by atoms with Gasteiger partial charge in [-0.15, -0.1) is 0 Å². The standard InChI is InChI=1S/C14H14F2N4O4/c1-3-23-12(21)8(14(15,16)13(22)24-4-2)5-9-10-11(19-6-17-9)20-7-18-10/h5-7H,3-4H2,1-2H3,(H,17,18,19,20). The molecular formula is C14H14F2N4O4. The number of alkyl halides is 2. The Morgan fingerprint density at radius 1 is 1.21 bits per heavy atom. The lowest BCUT2D eigenvalue weighted by Gasteiger charge is -2.17. The Morgan fingerprint density at radius 2 is 1.92 bits per heavy atom.